The number of hydrogen-bond donors (Lipinski definition) is 1. The average molecular weight is 201 g/mol. The van der Waals surface area contributed by atoms with Gasteiger partial charge >= 0.3 is 0 Å². The molecule has 1 N–H and O–H groups in total. The Labute approximate surface area is 87.2 Å². The van der Waals surface area contributed by atoms with E-state index in [2.05, 4.69) is 19.2 Å². The molecular weight excluding hydrogens is 178 g/mol. The van der Waals surface area contributed by atoms with Crippen LogP contribution in [0.1, 0.15) is 33.1 Å². The SMILES string of the molecule is COC(C)(C)CNCCC1CCCO1. The van der Waals surface area contributed by atoms with Gasteiger partial charge < -0.3 is 14.8 Å². The minimum absolute atomic E-state index is 0.0590. The molecule has 0 aliphatic carbocycles. The zero-order chi connectivity index (χ0) is 10.4. The number of hydrogen-bond acceptors (Lipinski definition) is 3. The Morgan fingerprint density at radius 2 is 2.29 bits per heavy atom. The van der Waals surface area contributed by atoms with E-state index in [-0.39, 0.29) is 5.60 Å². The van der Waals surface area contributed by atoms with Crippen LogP contribution in [0.15, 0.2) is 0 Å². The minimum atomic E-state index is -0.0590. The van der Waals surface area contributed by atoms with Crippen molar-refractivity contribution in [3.8, 4) is 0 Å². The van der Waals surface area contributed by atoms with Crippen LogP contribution in [0.5, 0.6) is 0 Å². The van der Waals surface area contributed by atoms with Crippen molar-refractivity contribution in [3.05, 3.63) is 0 Å². The maximum absolute atomic E-state index is 5.54. The second-order valence-electron chi connectivity index (χ2n) is 4.56. The Hall–Kier alpha value is -0.120. The van der Waals surface area contributed by atoms with Gasteiger partial charge in [-0.25, -0.2) is 0 Å². The van der Waals surface area contributed by atoms with Gasteiger partial charge in [0, 0.05) is 20.3 Å². The van der Waals surface area contributed by atoms with E-state index in [4.69, 9.17) is 9.47 Å². The third-order valence-electron chi connectivity index (χ3n) is 2.77. The van der Waals surface area contributed by atoms with Gasteiger partial charge in [0.15, 0.2) is 0 Å². The summed E-state index contributed by atoms with van der Waals surface area (Å²) in [5, 5.41) is 3.40. The Bertz CT molecular complexity index is 153. The molecule has 1 saturated heterocycles. The van der Waals surface area contributed by atoms with E-state index in [9.17, 15) is 0 Å². The number of nitrogens with one attached hydrogen (secondary N) is 1. The molecule has 1 fully saturated rings. The molecule has 0 aromatic carbocycles. The van der Waals surface area contributed by atoms with E-state index < -0.39 is 0 Å². The second kappa shape index (κ2) is 5.69. The smallest absolute Gasteiger partial charge is 0.0746 e. The van der Waals surface area contributed by atoms with Gasteiger partial charge in [-0.3, -0.25) is 0 Å². The molecule has 0 spiro atoms. The summed E-state index contributed by atoms with van der Waals surface area (Å²) in [6.45, 7) is 7.06. The predicted molar refractivity (Wildman–Crippen MR) is 57.5 cm³/mol. The number of ether oxygens (including phenoxy) is 2. The van der Waals surface area contributed by atoms with E-state index in [1.165, 1.54) is 12.8 Å². The van der Waals surface area contributed by atoms with Gasteiger partial charge in [0.2, 0.25) is 0 Å². The molecule has 1 aliphatic heterocycles. The maximum atomic E-state index is 5.54. The zero-order valence-electron chi connectivity index (χ0n) is 9.64. The Balaban J connectivity index is 1.98. The van der Waals surface area contributed by atoms with Crippen LogP contribution in [0, 0.1) is 0 Å². The molecule has 1 aliphatic rings. The Kier molecular flexibility index (Phi) is 4.85. The molecule has 84 valence electrons. The van der Waals surface area contributed by atoms with E-state index in [0.717, 1.165) is 26.1 Å². The van der Waals surface area contributed by atoms with Crippen LogP contribution in [0.4, 0.5) is 0 Å². The first kappa shape index (κ1) is 12.0. The third kappa shape index (κ3) is 4.40. The molecular formula is C11H23NO2. The highest BCUT2D eigenvalue weighted by atomic mass is 16.5. The monoisotopic (exact) mass is 201 g/mol. The summed E-state index contributed by atoms with van der Waals surface area (Å²) in [4.78, 5) is 0. The summed E-state index contributed by atoms with van der Waals surface area (Å²) in [7, 11) is 1.75. The molecule has 3 nitrogen and oxygen atoms in total. The van der Waals surface area contributed by atoms with Gasteiger partial charge in [0.25, 0.3) is 0 Å². The topological polar surface area (TPSA) is 30.5 Å². The molecule has 1 atom stereocenters. The summed E-state index contributed by atoms with van der Waals surface area (Å²) >= 11 is 0. The molecule has 0 aromatic rings. The standard InChI is InChI=1S/C11H23NO2/c1-11(2,13-3)9-12-7-6-10-5-4-8-14-10/h10,12H,4-9H2,1-3H3. The van der Waals surface area contributed by atoms with Crippen molar-refractivity contribution in [3.63, 3.8) is 0 Å². The minimum Gasteiger partial charge on any atom is -0.378 e. The predicted octanol–water partition coefficient (Wildman–Crippen LogP) is 1.57. The van der Waals surface area contributed by atoms with Crippen LogP contribution in [0.2, 0.25) is 0 Å². The van der Waals surface area contributed by atoms with E-state index in [0.29, 0.717) is 6.10 Å². The first-order valence-corrected chi connectivity index (χ1v) is 5.51. The fourth-order valence-corrected chi connectivity index (χ4v) is 1.60. The lowest BCUT2D eigenvalue weighted by Crippen LogP contribution is -2.37. The molecule has 1 rings (SSSR count). The molecule has 14 heavy (non-hydrogen) atoms. The van der Waals surface area contributed by atoms with Crippen molar-refractivity contribution >= 4 is 0 Å². The van der Waals surface area contributed by atoms with Gasteiger partial charge in [0.1, 0.15) is 0 Å². The summed E-state index contributed by atoms with van der Waals surface area (Å²) in [5.41, 5.74) is -0.0590. The Morgan fingerprint density at radius 1 is 1.50 bits per heavy atom. The van der Waals surface area contributed by atoms with Gasteiger partial charge in [-0.05, 0) is 39.7 Å². The fourth-order valence-electron chi connectivity index (χ4n) is 1.60. The number of rotatable bonds is 6. The molecule has 0 radical (unpaired) electrons. The van der Waals surface area contributed by atoms with Crippen LogP contribution < -0.4 is 5.32 Å². The number of methoxy groups -OCH3 is 1. The third-order valence-corrected chi connectivity index (χ3v) is 2.77. The normalized spacial score (nSPS) is 22.9. The lowest BCUT2D eigenvalue weighted by atomic mass is 10.1. The highest BCUT2D eigenvalue weighted by Gasteiger charge is 2.17. The first-order chi connectivity index (χ1) is 6.64. The maximum Gasteiger partial charge on any atom is 0.0746 e. The average Bonchev–Trinajstić information content (AvgIpc) is 2.65. The zero-order valence-corrected chi connectivity index (χ0v) is 9.64. The van der Waals surface area contributed by atoms with Crippen molar-refractivity contribution < 1.29 is 9.47 Å². The highest BCUT2D eigenvalue weighted by Crippen LogP contribution is 2.14. The molecule has 1 heterocycles. The lowest BCUT2D eigenvalue weighted by molar-refractivity contribution is 0.0222. The van der Waals surface area contributed by atoms with Gasteiger partial charge in [-0.2, -0.15) is 0 Å². The van der Waals surface area contributed by atoms with Crippen molar-refractivity contribution in [2.24, 2.45) is 0 Å². The first-order valence-electron chi connectivity index (χ1n) is 5.51. The molecule has 0 aromatic heterocycles. The van der Waals surface area contributed by atoms with E-state index in [1.54, 1.807) is 7.11 Å². The summed E-state index contributed by atoms with van der Waals surface area (Å²) in [6.07, 6.45) is 4.08. The highest BCUT2D eigenvalue weighted by molar-refractivity contribution is 4.72. The molecule has 1 unspecified atom stereocenters. The molecule has 3 heteroatoms. The lowest BCUT2D eigenvalue weighted by Gasteiger charge is -2.23. The second-order valence-corrected chi connectivity index (χ2v) is 4.56. The van der Waals surface area contributed by atoms with Crippen LogP contribution in [-0.2, 0) is 9.47 Å². The van der Waals surface area contributed by atoms with Crippen LogP contribution >= 0.6 is 0 Å². The molecule has 0 bridgehead atoms. The fraction of sp³-hybridized carbons (Fsp3) is 1.00. The van der Waals surface area contributed by atoms with Crippen LogP contribution in [0.25, 0.3) is 0 Å². The van der Waals surface area contributed by atoms with Gasteiger partial charge in [-0.1, -0.05) is 0 Å². The molecule has 0 saturated carbocycles. The van der Waals surface area contributed by atoms with E-state index in [1.807, 2.05) is 0 Å². The summed E-state index contributed by atoms with van der Waals surface area (Å²) in [5.74, 6) is 0. The summed E-state index contributed by atoms with van der Waals surface area (Å²) in [6, 6.07) is 0. The van der Waals surface area contributed by atoms with Crippen molar-refractivity contribution in [1.29, 1.82) is 0 Å². The quantitative estimate of drug-likeness (QED) is 0.662. The largest absolute Gasteiger partial charge is 0.378 e. The van der Waals surface area contributed by atoms with Gasteiger partial charge in [0.05, 0.1) is 11.7 Å². The van der Waals surface area contributed by atoms with Gasteiger partial charge in [-0.15, -0.1) is 0 Å². The molecule has 0 amide bonds. The van der Waals surface area contributed by atoms with Crippen molar-refractivity contribution in [2.75, 3.05) is 26.8 Å². The van der Waals surface area contributed by atoms with Crippen LogP contribution in [-0.4, -0.2) is 38.5 Å². The summed E-state index contributed by atoms with van der Waals surface area (Å²) < 4.78 is 10.9. The van der Waals surface area contributed by atoms with Crippen molar-refractivity contribution in [1.82, 2.24) is 5.32 Å². The Morgan fingerprint density at radius 3 is 2.86 bits per heavy atom. The van der Waals surface area contributed by atoms with Crippen LogP contribution in [0.3, 0.4) is 0 Å². The van der Waals surface area contributed by atoms with Crippen molar-refractivity contribution in [2.45, 2.75) is 44.8 Å². The van der Waals surface area contributed by atoms with E-state index >= 15 is 0 Å².